The van der Waals surface area contributed by atoms with Gasteiger partial charge in [-0.05, 0) is 44.4 Å². The van der Waals surface area contributed by atoms with Crippen molar-refractivity contribution in [3.63, 3.8) is 0 Å². The van der Waals surface area contributed by atoms with Gasteiger partial charge in [0.2, 0.25) is 21.8 Å². The maximum absolute atomic E-state index is 12.9. The molecule has 27 heavy (non-hydrogen) atoms. The zero-order valence-corrected chi connectivity index (χ0v) is 16.6. The summed E-state index contributed by atoms with van der Waals surface area (Å²) in [7, 11) is -3.70. The molecule has 0 unspecified atom stereocenters. The van der Waals surface area contributed by atoms with Gasteiger partial charge in [0.1, 0.15) is 10.6 Å². The van der Waals surface area contributed by atoms with Gasteiger partial charge >= 0.3 is 0 Å². The molecule has 2 amide bonds. The smallest absolute Gasteiger partial charge is 0.246 e. The number of carbonyl (C=O) groups is 2. The van der Waals surface area contributed by atoms with Crippen LogP contribution in [0, 0.1) is 0 Å². The number of carbonyl (C=O) groups excluding carboxylic acids is 2. The molecule has 1 fully saturated rings. The van der Waals surface area contributed by atoms with E-state index in [1.807, 2.05) is 6.92 Å². The topological polar surface area (TPSA) is 105 Å². The van der Waals surface area contributed by atoms with Gasteiger partial charge in [-0.1, -0.05) is 6.92 Å². The van der Waals surface area contributed by atoms with Gasteiger partial charge < -0.3 is 15.4 Å². The fourth-order valence-corrected chi connectivity index (χ4v) is 4.50. The third-order valence-electron chi connectivity index (χ3n) is 4.13. The molecule has 2 N–H and O–H groups in total. The van der Waals surface area contributed by atoms with Crippen molar-refractivity contribution >= 4 is 27.5 Å². The summed E-state index contributed by atoms with van der Waals surface area (Å²) in [4.78, 5) is 23.5. The van der Waals surface area contributed by atoms with Crippen molar-refractivity contribution in [2.45, 2.75) is 44.4 Å². The lowest BCUT2D eigenvalue weighted by molar-refractivity contribution is -0.124. The Bertz CT molecular complexity index is 773. The summed E-state index contributed by atoms with van der Waals surface area (Å²) < 4.78 is 32.8. The van der Waals surface area contributed by atoms with Crippen LogP contribution < -0.4 is 15.4 Å². The average molecular weight is 397 g/mol. The minimum Gasteiger partial charge on any atom is -0.492 e. The normalized spacial score (nSPS) is 14.7. The first-order valence-corrected chi connectivity index (χ1v) is 10.7. The van der Waals surface area contributed by atoms with E-state index < -0.39 is 15.9 Å². The van der Waals surface area contributed by atoms with Gasteiger partial charge in [-0.2, -0.15) is 4.31 Å². The van der Waals surface area contributed by atoms with E-state index >= 15 is 0 Å². The highest BCUT2D eigenvalue weighted by Gasteiger charge is 2.30. The van der Waals surface area contributed by atoms with E-state index in [9.17, 15) is 18.0 Å². The molecule has 150 valence electrons. The third-order valence-corrected chi connectivity index (χ3v) is 6.05. The van der Waals surface area contributed by atoms with Crippen LogP contribution in [0.15, 0.2) is 23.1 Å². The predicted octanol–water partition coefficient (Wildman–Crippen LogP) is 1.72. The third kappa shape index (κ3) is 5.67. The van der Waals surface area contributed by atoms with Gasteiger partial charge in [-0.3, -0.25) is 9.59 Å². The van der Waals surface area contributed by atoms with E-state index in [1.165, 1.54) is 16.4 Å². The molecule has 1 saturated heterocycles. The number of nitrogens with zero attached hydrogens (tertiary/aromatic N) is 1. The molecule has 9 heteroatoms. The second-order valence-electron chi connectivity index (χ2n) is 6.28. The lowest BCUT2D eigenvalue weighted by Gasteiger charge is -2.19. The second kappa shape index (κ2) is 9.70. The lowest BCUT2D eigenvalue weighted by atomic mass is 10.3. The van der Waals surface area contributed by atoms with Crippen molar-refractivity contribution in [3.05, 3.63) is 18.2 Å². The number of nitrogens with one attached hydrogen (secondary N) is 2. The van der Waals surface area contributed by atoms with Gasteiger partial charge in [0.25, 0.3) is 0 Å². The summed E-state index contributed by atoms with van der Waals surface area (Å²) in [5.41, 5.74) is 0.339. The molecule has 0 aromatic heterocycles. The second-order valence-corrected chi connectivity index (χ2v) is 8.19. The lowest BCUT2D eigenvalue weighted by Crippen LogP contribution is -2.32. The van der Waals surface area contributed by atoms with Crippen molar-refractivity contribution in [1.29, 1.82) is 0 Å². The molecule has 0 atom stereocenters. The number of sulfonamides is 1. The first-order chi connectivity index (χ1) is 12.9. The fraction of sp³-hybridized carbons (Fsp3) is 0.556. The maximum atomic E-state index is 12.9. The molecule has 1 aromatic rings. The minimum atomic E-state index is -3.70. The number of anilines is 1. The highest BCUT2D eigenvalue weighted by Crippen LogP contribution is 2.31. The summed E-state index contributed by atoms with van der Waals surface area (Å²) >= 11 is 0. The minimum absolute atomic E-state index is 0.0408. The van der Waals surface area contributed by atoms with E-state index in [4.69, 9.17) is 4.74 Å². The largest absolute Gasteiger partial charge is 0.492 e. The Balaban J connectivity index is 2.16. The average Bonchev–Trinajstić information content (AvgIpc) is 3.17. The number of hydrogen-bond donors (Lipinski definition) is 2. The van der Waals surface area contributed by atoms with Crippen LogP contribution in [0.5, 0.6) is 5.75 Å². The molecule has 0 spiro atoms. The zero-order valence-electron chi connectivity index (χ0n) is 15.8. The van der Waals surface area contributed by atoms with Crippen molar-refractivity contribution in [2.75, 3.05) is 31.6 Å². The van der Waals surface area contributed by atoms with E-state index in [2.05, 4.69) is 10.6 Å². The Morgan fingerprint density at radius 3 is 2.48 bits per heavy atom. The molecular formula is C18H27N3O5S. The molecule has 1 aliphatic rings. The van der Waals surface area contributed by atoms with Gasteiger partial charge in [-0.25, -0.2) is 8.42 Å². The summed E-state index contributed by atoms with van der Waals surface area (Å²) in [5, 5.41) is 5.14. The number of rotatable bonds is 9. The highest BCUT2D eigenvalue weighted by atomic mass is 32.2. The molecule has 2 rings (SSSR count). The van der Waals surface area contributed by atoms with Crippen molar-refractivity contribution < 1.29 is 22.7 Å². The number of ether oxygens (including phenoxy) is 1. The van der Waals surface area contributed by atoms with E-state index in [0.29, 0.717) is 38.2 Å². The molecule has 0 bridgehead atoms. The zero-order chi connectivity index (χ0) is 19.9. The number of benzene rings is 1. The van der Waals surface area contributed by atoms with Crippen molar-refractivity contribution in [3.8, 4) is 5.75 Å². The Labute approximate surface area is 160 Å². The monoisotopic (exact) mass is 397 g/mol. The van der Waals surface area contributed by atoms with Gasteiger partial charge in [-0.15, -0.1) is 0 Å². The molecule has 1 aliphatic heterocycles. The quantitative estimate of drug-likeness (QED) is 0.660. The van der Waals surface area contributed by atoms with Crippen LogP contribution in [0.25, 0.3) is 0 Å². The Morgan fingerprint density at radius 2 is 1.85 bits per heavy atom. The van der Waals surface area contributed by atoms with E-state index in [1.54, 1.807) is 13.0 Å². The van der Waals surface area contributed by atoms with Crippen LogP contribution >= 0.6 is 0 Å². The Hall–Kier alpha value is -2.13. The van der Waals surface area contributed by atoms with Crippen LogP contribution in [0.1, 0.15) is 39.5 Å². The van der Waals surface area contributed by atoms with Gasteiger partial charge in [0.15, 0.2) is 0 Å². The molecule has 0 saturated carbocycles. The SMILES string of the molecule is CCCC(=O)NCC(=O)Nc1ccc(OCC)c(S(=O)(=O)N2CCCC2)c1. The van der Waals surface area contributed by atoms with Crippen LogP contribution in [-0.4, -0.2) is 50.8 Å². The van der Waals surface area contributed by atoms with Crippen molar-refractivity contribution in [1.82, 2.24) is 9.62 Å². The van der Waals surface area contributed by atoms with Crippen LogP contribution in [0.2, 0.25) is 0 Å². The fourth-order valence-electron chi connectivity index (χ4n) is 2.83. The first-order valence-electron chi connectivity index (χ1n) is 9.22. The van der Waals surface area contributed by atoms with Crippen LogP contribution in [0.4, 0.5) is 5.69 Å². The predicted molar refractivity (Wildman–Crippen MR) is 102 cm³/mol. The highest BCUT2D eigenvalue weighted by molar-refractivity contribution is 7.89. The molecule has 1 aromatic carbocycles. The van der Waals surface area contributed by atoms with E-state index in [0.717, 1.165) is 12.8 Å². The Morgan fingerprint density at radius 1 is 1.15 bits per heavy atom. The van der Waals surface area contributed by atoms with E-state index in [-0.39, 0.29) is 23.1 Å². The summed E-state index contributed by atoms with van der Waals surface area (Å²) in [6.07, 6.45) is 2.72. The Kier molecular flexibility index (Phi) is 7.61. The molecular weight excluding hydrogens is 370 g/mol. The summed E-state index contributed by atoms with van der Waals surface area (Å²) in [5.74, 6) is -0.358. The maximum Gasteiger partial charge on any atom is 0.246 e. The van der Waals surface area contributed by atoms with Crippen LogP contribution in [-0.2, 0) is 19.6 Å². The molecule has 0 aliphatic carbocycles. The molecule has 0 radical (unpaired) electrons. The summed E-state index contributed by atoms with van der Waals surface area (Å²) in [6, 6.07) is 4.53. The number of hydrogen-bond acceptors (Lipinski definition) is 5. The first kappa shape index (κ1) is 21.2. The molecule has 1 heterocycles. The molecule has 8 nitrogen and oxygen atoms in total. The number of amides is 2. The van der Waals surface area contributed by atoms with Crippen LogP contribution in [0.3, 0.4) is 0 Å². The van der Waals surface area contributed by atoms with Gasteiger partial charge in [0, 0.05) is 25.2 Å². The van der Waals surface area contributed by atoms with Gasteiger partial charge in [0.05, 0.1) is 13.2 Å². The standard InChI is InChI=1S/C18H27N3O5S/c1-3-7-17(22)19-13-18(23)20-14-8-9-15(26-4-2)16(12-14)27(24,25)21-10-5-6-11-21/h8-9,12H,3-7,10-11,13H2,1-2H3,(H,19,22)(H,20,23). The summed E-state index contributed by atoms with van der Waals surface area (Å²) in [6.45, 7) is 4.78. The van der Waals surface area contributed by atoms with Crippen molar-refractivity contribution in [2.24, 2.45) is 0 Å².